The van der Waals surface area contributed by atoms with Crippen LogP contribution < -0.4 is 9.47 Å². The summed E-state index contributed by atoms with van der Waals surface area (Å²) in [4.78, 5) is 22.4. The number of benzene rings is 2. The van der Waals surface area contributed by atoms with Crippen molar-refractivity contribution in [3.05, 3.63) is 65.9 Å². The predicted molar refractivity (Wildman–Crippen MR) is 123 cm³/mol. The molecule has 0 spiro atoms. The fourth-order valence-corrected chi connectivity index (χ4v) is 3.90. The zero-order valence-electron chi connectivity index (χ0n) is 18.6. The van der Waals surface area contributed by atoms with Crippen LogP contribution in [0.25, 0.3) is 10.9 Å². The molecule has 1 amide bonds. The molecular formula is C25H29N3O4. The van der Waals surface area contributed by atoms with Gasteiger partial charge in [0.05, 0.1) is 33.0 Å². The van der Waals surface area contributed by atoms with Crippen LogP contribution in [0, 0.1) is 0 Å². The van der Waals surface area contributed by atoms with E-state index in [1.54, 1.807) is 20.3 Å². The molecule has 1 aliphatic rings. The van der Waals surface area contributed by atoms with Crippen molar-refractivity contribution in [2.75, 3.05) is 53.6 Å². The summed E-state index contributed by atoms with van der Waals surface area (Å²) in [7, 11) is 3.27. The van der Waals surface area contributed by atoms with E-state index in [9.17, 15) is 4.79 Å². The average molecular weight is 436 g/mol. The maximum Gasteiger partial charge on any atom is 0.272 e. The molecule has 3 aromatic rings. The lowest BCUT2D eigenvalue weighted by Crippen LogP contribution is -2.43. The molecule has 2 heterocycles. The second-order valence-corrected chi connectivity index (χ2v) is 7.75. The van der Waals surface area contributed by atoms with Gasteiger partial charge < -0.3 is 19.1 Å². The first-order chi connectivity index (χ1) is 15.7. The molecule has 1 saturated heterocycles. The van der Waals surface area contributed by atoms with Crippen molar-refractivity contribution in [1.29, 1.82) is 0 Å². The number of aromatic nitrogens is 1. The molecule has 0 aliphatic carbocycles. The van der Waals surface area contributed by atoms with Gasteiger partial charge in [-0.1, -0.05) is 24.3 Å². The van der Waals surface area contributed by atoms with Crippen LogP contribution in [-0.4, -0.2) is 74.3 Å². The highest BCUT2D eigenvalue weighted by Gasteiger charge is 2.21. The second kappa shape index (κ2) is 10.4. The normalized spacial score (nSPS) is 14.3. The third kappa shape index (κ3) is 5.18. The third-order valence-corrected chi connectivity index (χ3v) is 5.74. The van der Waals surface area contributed by atoms with Crippen LogP contribution in [0.3, 0.4) is 0 Å². The molecule has 7 nitrogen and oxygen atoms in total. The van der Waals surface area contributed by atoms with E-state index in [2.05, 4.69) is 9.88 Å². The maximum atomic E-state index is 13.6. The highest BCUT2D eigenvalue weighted by atomic mass is 16.5. The van der Waals surface area contributed by atoms with Crippen molar-refractivity contribution in [1.82, 2.24) is 14.8 Å². The Hall–Kier alpha value is -3.16. The third-order valence-electron chi connectivity index (χ3n) is 5.74. The summed E-state index contributed by atoms with van der Waals surface area (Å²) < 4.78 is 16.4. The Labute approximate surface area is 188 Å². The molecule has 0 saturated carbocycles. The highest BCUT2D eigenvalue weighted by molar-refractivity contribution is 5.95. The van der Waals surface area contributed by atoms with E-state index < -0.39 is 0 Å². The SMILES string of the molecule is COc1ccc(OC)c(CN(CCN2CCOCC2)C(=O)c2ccc3ccccc3n2)c1. The summed E-state index contributed by atoms with van der Waals surface area (Å²) in [6, 6.07) is 17.2. The van der Waals surface area contributed by atoms with Gasteiger partial charge in [-0.15, -0.1) is 0 Å². The second-order valence-electron chi connectivity index (χ2n) is 7.75. The van der Waals surface area contributed by atoms with E-state index in [0.717, 1.165) is 60.8 Å². The lowest BCUT2D eigenvalue weighted by atomic mass is 10.1. The first-order valence-electron chi connectivity index (χ1n) is 10.8. The fraction of sp³-hybridized carbons (Fsp3) is 0.360. The Balaban J connectivity index is 1.60. The monoisotopic (exact) mass is 435 g/mol. The van der Waals surface area contributed by atoms with Crippen molar-refractivity contribution < 1.29 is 19.0 Å². The van der Waals surface area contributed by atoms with Gasteiger partial charge in [-0.05, 0) is 30.3 Å². The number of methoxy groups -OCH3 is 2. The number of nitrogens with zero attached hydrogens (tertiary/aromatic N) is 3. The van der Waals surface area contributed by atoms with Gasteiger partial charge in [-0.3, -0.25) is 9.69 Å². The average Bonchev–Trinajstić information content (AvgIpc) is 2.86. The van der Waals surface area contributed by atoms with E-state index in [1.165, 1.54) is 0 Å². The Morgan fingerprint density at radius 3 is 2.66 bits per heavy atom. The molecule has 32 heavy (non-hydrogen) atoms. The molecule has 0 radical (unpaired) electrons. The number of rotatable bonds is 8. The number of pyridine rings is 1. The summed E-state index contributed by atoms with van der Waals surface area (Å²) >= 11 is 0. The summed E-state index contributed by atoms with van der Waals surface area (Å²) in [6.07, 6.45) is 0. The molecule has 1 aromatic heterocycles. The smallest absolute Gasteiger partial charge is 0.272 e. The molecule has 2 aromatic carbocycles. The summed E-state index contributed by atoms with van der Waals surface area (Å²) in [6.45, 7) is 4.95. The number of carbonyl (C=O) groups is 1. The van der Waals surface area contributed by atoms with Gasteiger partial charge in [0, 0.05) is 43.7 Å². The van der Waals surface area contributed by atoms with E-state index >= 15 is 0 Å². The van der Waals surface area contributed by atoms with Crippen molar-refractivity contribution >= 4 is 16.8 Å². The standard InChI is InChI=1S/C25H29N3O4/c1-30-21-8-10-24(31-2)20(17-21)18-28(12-11-27-13-15-32-16-14-27)25(29)23-9-7-19-5-3-4-6-22(19)26-23/h3-10,17H,11-16,18H2,1-2H3. The van der Waals surface area contributed by atoms with Crippen LogP contribution >= 0.6 is 0 Å². The van der Waals surface area contributed by atoms with E-state index in [4.69, 9.17) is 14.2 Å². The quantitative estimate of drug-likeness (QED) is 0.541. The molecule has 7 heteroatoms. The summed E-state index contributed by atoms with van der Waals surface area (Å²) in [5, 5.41) is 1.01. The molecule has 0 bridgehead atoms. The van der Waals surface area contributed by atoms with E-state index in [-0.39, 0.29) is 5.91 Å². The molecular weight excluding hydrogens is 406 g/mol. The number of fused-ring (bicyclic) bond motifs is 1. The Morgan fingerprint density at radius 1 is 1.06 bits per heavy atom. The van der Waals surface area contributed by atoms with Crippen LogP contribution in [0.2, 0.25) is 0 Å². The number of hydrogen-bond acceptors (Lipinski definition) is 6. The first kappa shape index (κ1) is 22.0. The van der Waals surface area contributed by atoms with Gasteiger partial charge >= 0.3 is 0 Å². The molecule has 0 N–H and O–H groups in total. The van der Waals surface area contributed by atoms with Crippen LogP contribution in [0.15, 0.2) is 54.6 Å². The largest absolute Gasteiger partial charge is 0.497 e. The number of amides is 1. The lowest BCUT2D eigenvalue weighted by molar-refractivity contribution is 0.0319. The number of morpholine rings is 1. The Kier molecular flexibility index (Phi) is 7.19. The molecule has 4 rings (SSSR count). The van der Waals surface area contributed by atoms with Crippen LogP contribution in [-0.2, 0) is 11.3 Å². The van der Waals surface area contributed by atoms with E-state index in [0.29, 0.717) is 18.8 Å². The zero-order chi connectivity index (χ0) is 22.3. The number of carbonyl (C=O) groups excluding carboxylic acids is 1. The number of hydrogen-bond donors (Lipinski definition) is 0. The molecule has 0 atom stereocenters. The van der Waals surface area contributed by atoms with Gasteiger partial charge in [-0.2, -0.15) is 0 Å². The van der Waals surface area contributed by atoms with Gasteiger partial charge in [-0.25, -0.2) is 4.98 Å². The Morgan fingerprint density at radius 2 is 1.88 bits per heavy atom. The first-order valence-corrected chi connectivity index (χ1v) is 10.8. The molecule has 1 fully saturated rings. The van der Waals surface area contributed by atoms with Gasteiger partial charge in [0.15, 0.2) is 0 Å². The van der Waals surface area contributed by atoms with Crippen molar-refractivity contribution in [3.8, 4) is 11.5 Å². The van der Waals surface area contributed by atoms with Crippen LogP contribution in [0.5, 0.6) is 11.5 Å². The zero-order valence-corrected chi connectivity index (χ0v) is 18.6. The topological polar surface area (TPSA) is 64.1 Å². The number of ether oxygens (including phenoxy) is 3. The maximum absolute atomic E-state index is 13.6. The lowest BCUT2D eigenvalue weighted by Gasteiger charge is -2.30. The molecule has 1 aliphatic heterocycles. The summed E-state index contributed by atoms with van der Waals surface area (Å²) in [5.41, 5.74) is 2.14. The Bertz CT molecular complexity index is 1070. The van der Waals surface area contributed by atoms with Crippen molar-refractivity contribution in [3.63, 3.8) is 0 Å². The number of para-hydroxylation sites is 1. The predicted octanol–water partition coefficient (Wildman–Crippen LogP) is 3.23. The minimum absolute atomic E-state index is 0.103. The van der Waals surface area contributed by atoms with Crippen LogP contribution in [0.4, 0.5) is 0 Å². The van der Waals surface area contributed by atoms with Crippen molar-refractivity contribution in [2.45, 2.75) is 6.54 Å². The van der Waals surface area contributed by atoms with Gasteiger partial charge in [0.1, 0.15) is 17.2 Å². The fourth-order valence-electron chi connectivity index (χ4n) is 3.90. The van der Waals surface area contributed by atoms with Crippen LogP contribution in [0.1, 0.15) is 16.1 Å². The van der Waals surface area contributed by atoms with Gasteiger partial charge in [0.2, 0.25) is 0 Å². The minimum Gasteiger partial charge on any atom is -0.497 e. The molecule has 168 valence electrons. The van der Waals surface area contributed by atoms with E-state index in [1.807, 2.05) is 53.4 Å². The van der Waals surface area contributed by atoms with Gasteiger partial charge in [0.25, 0.3) is 5.91 Å². The minimum atomic E-state index is -0.103. The molecule has 0 unspecified atom stereocenters. The summed E-state index contributed by atoms with van der Waals surface area (Å²) in [5.74, 6) is 1.35. The highest BCUT2D eigenvalue weighted by Crippen LogP contribution is 2.26. The van der Waals surface area contributed by atoms with Crippen molar-refractivity contribution in [2.24, 2.45) is 0 Å².